The van der Waals surface area contributed by atoms with Crippen LogP contribution in [0.2, 0.25) is 0 Å². The fraction of sp³-hybridized carbons (Fsp3) is 0.409. The molecule has 1 N–H and O–H groups in total. The minimum atomic E-state index is -3.81. The number of hydrogen-bond acceptors (Lipinski definition) is 4. The second-order valence-electron chi connectivity index (χ2n) is 7.91. The summed E-state index contributed by atoms with van der Waals surface area (Å²) in [6.45, 7) is 4.39. The Hall–Kier alpha value is -2.45. The molecule has 1 aliphatic rings. The minimum Gasteiger partial charge on any atom is -0.508 e. The molecule has 162 valence electrons. The van der Waals surface area contributed by atoms with Crippen molar-refractivity contribution in [1.82, 2.24) is 9.21 Å². The molecule has 6 nitrogen and oxygen atoms in total. The number of phenolic OH excluding ortho intramolecular Hbond substituents is 1. The highest BCUT2D eigenvalue weighted by Crippen LogP contribution is 2.30. The van der Waals surface area contributed by atoms with Gasteiger partial charge in [-0.3, -0.25) is 4.79 Å². The van der Waals surface area contributed by atoms with Crippen LogP contribution < -0.4 is 0 Å². The van der Waals surface area contributed by atoms with Crippen LogP contribution in [0.5, 0.6) is 5.75 Å². The maximum atomic E-state index is 14.4. The Balaban J connectivity index is 1.77. The number of hydrogen-bond donors (Lipinski definition) is 1. The standard InChI is InChI=1S/C22H27FN2O4S/c1-15(2)24(3)30(28,29)19-8-9-21(23)20(14-19)22(27)25-12-10-17(11-13-25)16-4-6-18(26)7-5-16/h4-9,14-15,17,26H,10-13H2,1-3H3. The van der Waals surface area contributed by atoms with Gasteiger partial charge in [-0.2, -0.15) is 4.31 Å². The van der Waals surface area contributed by atoms with E-state index in [1.165, 1.54) is 17.4 Å². The lowest BCUT2D eigenvalue weighted by Crippen LogP contribution is -2.38. The molecule has 1 heterocycles. The van der Waals surface area contributed by atoms with Crippen LogP contribution in [-0.2, 0) is 10.0 Å². The molecule has 8 heteroatoms. The normalized spacial score (nSPS) is 15.7. The summed E-state index contributed by atoms with van der Waals surface area (Å²) in [4.78, 5) is 14.4. The van der Waals surface area contributed by atoms with Crippen LogP contribution in [0.3, 0.4) is 0 Å². The van der Waals surface area contributed by atoms with Gasteiger partial charge >= 0.3 is 0 Å². The summed E-state index contributed by atoms with van der Waals surface area (Å²) in [5.41, 5.74) is 0.868. The summed E-state index contributed by atoms with van der Waals surface area (Å²) < 4.78 is 41.1. The Morgan fingerprint density at radius 3 is 2.30 bits per heavy atom. The van der Waals surface area contributed by atoms with Crippen molar-refractivity contribution in [3.63, 3.8) is 0 Å². The second kappa shape index (κ2) is 8.73. The van der Waals surface area contributed by atoms with Gasteiger partial charge in [-0.15, -0.1) is 0 Å². The number of nitrogens with zero attached hydrogens (tertiary/aromatic N) is 2. The number of carbonyl (C=O) groups excluding carboxylic acids is 1. The van der Waals surface area contributed by atoms with E-state index in [0.29, 0.717) is 25.9 Å². The molecule has 1 aliphatic heterocycles. The molecule has 1 fully saturated rings. The molecule has 2 aromatic rings. The minimum absolute atomic E-state index is 0.0950. The highest BCUT2D eigenvalue weighted by molar-refractivity contribution is 7.89. The van der Waals surface area contributed by atoms with E-state index in [9.17, 15) is 22.7 Å². The molecule has 0 saturated carbocycles. The number of sulfonamides is 1. The molecule has 0 aromatic heterocycles. The summed E-state index contributed by atoms with van der Waals surface area (Å²) in [6, 6.07) is 10.1. The van der Waals surface area contributed by atoms with Crippen molar-refractivity contribution in [3.05, 3.63) is 59.4 Å². The molecule has 2 aromatic carbocycles. The topological polar surface area (TPSA) is 77.9 Å². The molecule has 0 atom stereocenters. The molecule has 3 rings (SSSR count). The predicted molar refractivity (Wildman–Crippen MR) is 112 cm³/mol. The van der Waals surface area contributed by atoms with E-state index >= 15 is 0 Å². The van der Waals surface area contributed by atoms with Crippen molar-refractivity contribution >= 4 is 15.9 Å². The van der Waals surface area contributed by atoms with Gasteiger partial charge in [0.2, 0.25) is 10.0 Å². The number of piperidine rings is 1. The van der Waals surface area contributed by atoms with Crippen LogP contribution in [0, 0.1) is 5.82 Å². The van der Waals surface area contributed by atoms with Gasteiger partial charge in [0.15, 0.2) is 0 Å². The zero-order valence-corrected chi connectivity index (χ0v) is 18.2. The van der Waals surface area contributed by atoms with E-state index in [0.717, 1.165) is 17.7 Å². The molecular formula is C22H27FN2O4S. The van der Waals surface area contributed by atoms with Crippen LogP contribution in [0.1, 0.15) is 48.5 Å². The Morgan fingerprint density at radius 2 is 1.73 bits per heavy atom. The third kappa shape index (κ3) is 4.49. The van der Waals surface area contributed by atoms with Crippen molar-refractivity contribution in [3.8, 4) is 5.75 Å². The first-order chi connectivity index (χ1) is 14.1. The zero-order valence-electron chi connectivity index (χ0n) is 17.4. The van der Waals surface area contributed by atoms with Gasteiger partial charge in [0.05, 0.1) is 10.5 Å². The Labute approximate surface area is 177 Å². The number of aromatic hydroxyl groups is 1. The molecule has 1 amide bonds. The average Bonchev–Trinajstić information content (AvgIpc) is 2.73. The maximum Gasteiger partial charge on any atom is 0.256 e. The van der Waals surface area contributed by atoms with Crippen LogP contribution in [0.4, 0.5) is 4.39 Å². The van der Waals surface area contributed by atoms with E-state index in [1.54, 1.807) is 30.9 Å². The zero-order chi connectivity index (χ0) is 22.1. The smallest absolute Gasteiger partial charge is 0.256 e. The van der Waals surface area contributed by atoms with Crippen molar-refractivity contribution in [1.29, 1.82) is 0 Å². The van der Waals surface area contributed by atoms with Crippen molar-refractivity contribution < 1.29 is 22.7 Å². The number of phenols is 1. The number of halogens is 1. The first-order valence-corrected chi connectivity index (χ1v) is 11.4. The molecule has 0 radical (unpaired) electrons. The lowest BCUT2D eigenvalue weighted by Gasteiger charge is -2.32. The molecular weight excluding hydrogens is 407 g/mol. The second-order valence-corrected chi connectivity index (χ2v) is 9.91. The number of benzene rings is 2. The lowest BCUT2D eigenvalue weighted by atomic mass is 9.89. The van der Waals surface area contributed by atoms with E-state index in [-0.39, 0.29) is 28.2 Å². The Morgan fingerprint density at radius 1 is 1.13 bits per heavy atom. The first kappa shape index (κ1) is 22.2. The molecule has 1 saturated heterocycles. The number of carbonyl (C=O) groups is 1. The van der Waals surface area contributed by atoms with Gasteiger partial charge in [0.25, 0.3) is 5.91 Å². The summed E-state index contributed by atoms with van der Waals surface area (Å²) >= 11 is 0. The van der Waals surface area contributed by atoms with Crippen LogP contribution in [0.25, 0.3) is 0 Å². The largest absolute Gasteiger partial charge is 0.508 e. The Bertz CT molecular complexity index is 1010. The summed E-state index contributed by atoms with van der Waals surface area (Å²) in [5.74, 6) is -0.765. The fourth-order valence-electron chi connectivity index (χ4n) is 3.61. The maximum absolute atomic E-state index is 14.4. The highest BCUT2D eigenvalue weighted by Gasteiger charge is 2.29. The third-order valence-electron chi connectivity index (χ3n) is 5.72. The SMILES string of the molecule is CC(C)N(C)S(=O)(=O)c1ccc(F)c(C(=O)N2CCC(c3ccc(O)cc3)CC2)c1. The van der Waals surface area contributed by atoms with Gasteiger partial charge in [-0.05, 0) is 68.5 Å². The van der Waals surface area contributed by atoms with E-state index in [1.807, 2.05) is 12.1 Å². The van der Waals surface area contributed by atoms with Crippen LogP contribution in [0.15, 0.2) is 47.4 Å². The lowest BCUT2D eigenvalue weighted by molar-refractivity contribution is 0.0708. The predicted octanol–water partition coefficient (Wildman–Crippen LogP) is 3.58. The number of amides is 1. The van der Waals surface area contributed by atoms with Crippen molar-refractivity contribution in [2.24, 2.45) is 0 Å². The average molecular weight is 435 g/mol. The third-order valence-corrected chi connectivity index (χ3v) is 7.75. The molecule has 0 bridgehead atoms. The Kier molecular flexibility index (Phi) is 6.47. The van der Waals surface area contributed by atoms with Crippen molar-refractivity contribution in [2.75, 3.05) is 20.1 Å². The van der Waals surface area contributed by atoms with E-state index in [4.69, 9.17) is 0 Å². The van der Waals surface area contributed by atoms with Gasteiger partial charge < -0.3 is 10.0 Å². The quantitative estimate of drug-likeness (QED) is 0.780. The van der Waals surface area contributed by atoms with Gasteiger partial charge in [0.1, 0.15) is 11.6 Å². The number of rotatable bonds is 5. The van der Waals surface area contributed by atoms with Gasteiger partial charge in [0, 0.05) is 26.2 Å². The van der Waals surface area contributed by atoms with Crippen molar-refractivity contribution in [2.45, 2.75) is 43.5 Å². The van der Waals surface area contributed by atoms with E-state index in [2.05, 4.69) is 0 Å². The monoisotopic (exact) mass is 434 g/mol. The van der Waals surface area contributed by atoms with E-state index < -0.39 is 21.7 Å². The molecule has 0 spiro atoms. The van der Waals surface area contributed by atoms with Gasteiger partial charge in [-0.25, -0.2) is 12.8 Å². The fourth-order valence-corrected chi connectivity index (χ4v) is 5.00. The summed E-state index contributed by atoms with van der Waals surface area (Å²) in [7, 11) is -2.36. The number of likely N-dealkylation sites (tertiary alicyclic amines) is 1. The molecule has 0 aliphatic carbocycles. The summed E-state index contributed by atoms with van der Waals surface area (Å²) in [5, 5.41) is 9.43. The van der Waals surface area contributed by atoms with Crippen LogP contribution in [-0.4, -0.2) is 54.8 Å². The highest BCUT2D eigenvalue weighted by atomic mass is 32.2. The van der Waals surface area contributed by atoms with Crippen LogP contribution >= 0.6 is 0 Å². The summed E-state index contributed by atoms with van der Waals surface area (Å²) in [6.07, 6.45) is 1.43. The van der Waals surface area contributed by atoms with Gasteiger partial charge in [-0.1, -0.05) is 12.1 Å². The molecule has 30 heavy (non-hydrogen) atoms. The first-order valence-electron chi connectivity index (χ1n) is 9.97. The molecule has 0 unspecified atom stereocenters.